The van der Waals surface area contributed by atoms with Crippen molar-refractivity contribution in [3.63, 3.8) is 0 Å². The van der Waals surface area contributed by atoms with Crippen LogP contribution in [0.15, 0.2) is 56.9 Å². The van der Waals surface area contributed by atoms with Crippen LogP contribution in [0.25, 0.3) is 0 Å². The summed E-state index contributed by atoms with van der Waals surface area (Å²) in [5, 5.41) is 7.19. The van der Waals surface area contributed by atoms with Crippen LogP contribution < -0.4 is 10.7 Å². The molecule has 2 aromatic rings. The Morgan fingerprint density at radius 1 is 1.18 bits per heavy atom. The number of rotatable bonds is 4. The molecule has 0 radical (unpaired) electrons. The molecule has 1 amide bonds. The number of hydrogen-bond acceptors (Lipinski definition) is 5. The van der Waals surface area contributed by atoms with Gasteiger partial charge in [0.15, 0.2) is 0 Å². The second-order valence-corrected chi connectivity index (χ2v) is 9.01. The molecule has 2 aromatic carbocycles. The van der Waals surface area contributed by atoms with Crippen LogP contribution >= 0.6 is 0 Å². The number of nitrogens with zero attached hydrogens (tertiary/aromatic N) is 2. The summed E-state index contributed by atoms with van der Waals surface area (Å²) in [5.41, 5.74) is 5.99. The van der Waals surface area contributed by atoms with Crippen molar-refractivity contribution >= 4 is 27.9 Å². The molecule has 1 unspecified atom stereocenters. The second kappa shape index (κ2) is 6.27. The van der Waals surface area contributed by atoms with E-state index in [0.29, 0.717) is 16.8 Å². The summed E-state index contributed by atoms with van der Waals surface area (Å²) < 4.78 is 28.2. The fourth-order valence-electron chi connectivity index (χ4n) is 3.50. The van der Waals surface area contributed by atoms with Gasteiger partial charge in [0.2, 0.25) is 0 Å². The van der Waals surface area contributed by atoms with E-state index in [4.69, 9.17) is 0 Å². The molecule has 0 aromatic heterocycles. The molecule has 0 fully saturated rings. The van der Waals surface area contributed by atoms with Crippen LogP contribution in [0.2, 0.25) is 0 Å². The highest BCUT2D eigenvalue weighted by atomic mass is 32.2. The fraction of sp³-hybridized carbons (Fsp3) is 0.250. The highest BCUT2D eigenvalue weighted by molar-refractivity contribution is 7.90. The van der Waals surface area contributed by atoms with Gasteiger partial charge in [-0.15, -0.1) is 0 Å². The van der Waals surface area contributed by atoms with E-state index < -0.39 is 15.6 Å². The molecule has 2 N–H and O–H groups in total. The van der Waals surface area contributed by atoms with Gasteiger partial charge in [-0.3, -0.25) is 4.79 Å². The molecule has 0 saturated carbocycles. The van der Waals surface area contributed by atoms with Gasteiger partial charge in [-0.25, -0.2) is 0 Å². The van der Waals surface area contributed by atoms with Crippen LogP contribution in [0, 0.1) is 0 Å². The number of amides is 1. The van der Waals surface area contributed by atoms with Gasteiger partial charge in [-0.2, -0.15) is 17.9 Å². The average molecular weight is 396 g/mol. The summed E-state index contributed by atoms with van der Waals surface area (Å²) in [6.45, 7) is 5.71. The largest absolute Gasteiger partial charge is 0.343 e. The van der Waals surface area contributed by atoms with Gasteiger partial charge >= 0.3 is 0 Å². The Morgan fingerprint density at radius 3 is 2.71 bits per heavy atom. The van der Waals surface area contributed by atoms with E-state index >= 15 is 0 Å². The predicted octanol–water partition coefficient (Wildman–Crippen LogP) is 2.17. The van der Waals surface area contributed by atoms with Crippen molar-refractivity contribution in [2.45, 2.75) is 37.2 Å². The van der Waals surface area contributed by atoms with E-state index in [1.807, 2.05) is 32.9 Å². The van der Waals surface area contributed by atoms with Gasteiger partial charge in [0, 0.05) is 11.1 Å². The molecule has 8 heteroatoms. The number of hydrazone groups is 1. The quantitative estimate of drug-likeness (QED) is 0.611. The molecule has 2 aliphatic rings. The van der Waals surface area contributed by atoms with Crippen LogP contribution in [0.4, 0.5) is 0 Å². The van der Waals surface area contributed by atoms with Gasteiger partial charge in [0.05, 0.1) is 28.4 Å². The van der Waals surface area contributed by atoms with Crippen LogP contribution in [-0.4, -0.2) is 32.3 Å². The first kappa shape index (κ1) is 18.4. The molecule has 0 aliphatic carbocycles. The Labute approximate surface area is 163 Å². The Morgan fingerprint density at radius 2 is 1.93 bits per heavy atom. The Balaban J connectivity index is 1.53. The van der Waals surface area contributed by atoms with E-state index in [-0.39, 0.29) is 16.8 Å². The number of benzene rings is 2. The molecule has 1 atom stereocenters. The third kappa shape index (κ3) is 2.99. The van der Waals surface area contributed by atoms with E-state index in [9.17, 15) is 13.2 Å². The van der Waals surface area contributed by atoms with Crippen LogP contribution in [0.1, 0.15) is 47.8 Å². The number of carbonyl (C=O) groups excluding carboxylic acids is 1. The zero-order valence-electron chi connectivity index (χ0n) is 15.7. The minimum absolute atomic E-state index is 0.0747. The predicted molar refractivity (Wildman–Crippen MR) is 107 cm³/mol. The molecule has 2 aliphatic heterocycles. The van der Waals surface area contributed by atoms with Gasteiger partial charge < -0.3 is 10.7 Å². The van der Waals surface area contributed by atoms with Gasteiger partial charge in [-0.05, 0) is 50.1 Å². The van der Waals surface area contributed by atoms with E-state index in [1.165, 1.54) is 0 Å². The zero-order chi connectivity index (χ0) is 20.1. The molecule has 28 heavy (non-hydrogen) atoms. The number of carbonyl (C=O) groups is 1. The third-order valence-corrected chi connectivity index (χ3v) is 6.29. The molecular formula is C20H20N4O3S. The molecule has 0 spiro atoms. The molecule has 7 nitrogen and oxygen atoms in total. The van der Waals surface area contributed by atoms with Crippen LogP contribution in [-0.2, 0) is 15.6 Å². The summed E-state index contributed by atoms with van der Waals surface area (Å²) in [4.78, 5) is 12.2. The fourth-order valence-corrected chi connectivity index (χ4v) is 4.82. The minimum Gasteiger partial charge on any atom is -0.343 e. The standard InChI is InChI=1S/C20H20N4O3S/c1-12(18-15-6-4-5-7-17(15)28(26,27)24-18)23-21-11-13-8-9-14-16(10-13)20(2,3)22-19(14)25/h4-12,23H,1-3H3,(H,22,25)/b21-11+. The first-order chi connectivity index (χ1) is 13.2. The maximum absolute atomic E-state index is 12.2. The molecule has 0 saturated heterocycles. The average Bonchev–Trinajstić information content (AvgIpc) is 3.05. The summed E-state index contributed by atoms with van der Waals surface area (Å²) >= 11 is 0. The van der Waals surface area contributed by atoms with Gasteiger partial charge in [-0.1, -0.05) is 24.3 Å². The monoisotopic (exact) mass is 396 g/mol. The van der Waals surface area contributed by atoms with Crippen molar-refractivity contribution in [3.8, 4) is 0 Å². The van der Waals surface area contributed by atoms with Crippen molar-refractivity contribution in [1.82, 2.24) is 10.7 Å². The summed E-state index contributed by atoms with van der Waals surface area (Å²) in [5.74, 6) is -0.0747. The topological polar surface area (TPSA) is 100.0 Å². The smallest absolute Gasteiger partial charge is 0.283 e. The van der Waals surface area contributed by atoms with Crippen molar-refractivity contribution in [2.75, 3.05) is 0 Å². The van der Waals surface area contributed by atoms with Crippen molar-refractivity contribution in [1.29, 1.82) is 0 Å². The molecule has 0 bridgehead atoms. The Hall–Kier alpha value is -3.00. The molecular weight excluding hydrogens is 376 g/mol. The Bertz CT molecular complexity index is 1150. The summed E-state index contributed by atoms with van der Waals surface area (Å²) in [7, 11) is -3.64. The van der Waals surface area contributed by atoms with E-state index in [1.54, 1.807) is 36.5 Å². The number of hydrogen-bond donors (Lipinski definition) is 2. The number of fused-ring (bicyclic) bond motifs is 2. The highest BCUT2D eigenvalue weighted by Gasteiger charge is 2.35. The van der Waals surface area contributed by atoms with Crippen LogP contribution in [0.5, 0.6) is 0 Å². The van der Waals surface area contributed by atoms with Crippen molar-refractivity contribution in [3.05, 3.63) is 64.7 Å². The third-order valence-electron chi connectivity index (χ3n) is 4.94. The van der Waals surface area contributed by atoms with E-state index in [0.717, 1.165) is 11.1 Å². The molecule has 4 rings (SSSR count). The highest BCUT2D eigenvalue weighted by Crippen LogP contribution is 2.31. The van der Waals surface area contributed by atoms with Crippen LogP contribution in [0.3, 0.4) is 0 Å². The lowest BCUT2D eigenvalue weighted by Gasteiger charge is -2.19. The second-order valence-electron chi connectivity index (χ2n) is 7.44. The number of nitrogens with one attached hydrogen (secondary N) is 2. The maximum atomic E-state index is 12.2. The first-order valence-corrected chi connectivity index (χ1v) is 10.3. The summed E-state index contributed by atoms with van der Waals surface area (Å²) in [6.07, 6.45) is 1.64. The lowest BCUT2D eigenvalue weighted by Crippen LogP contribution is -2.32. The molecule has 2 heterocycles. The SMILES string of the molecule is CC(N/N=C/c1ccc2c(c1)C(C)(C)NC2=O)C1=NS(=O)(=O)c2ccccc21. The maximum Gasteiger partial charge on any atom is 0.283 e. The summed E-state index contributed by atoms with van der Waals surface area (Å²) in [6, 6.07) is 11.9. The minimum atomic E-state index is -3.64. The number of sulfonamides is 1. The van der Waals surface area contributed by atoms with Crippen molar-refractivity contribution < 1.29 is 13.2 Å². The van der Waals surface area contributed by atoms with Crippen molar-refractivity contribution in [2.24, 2.45) is 9.50 Å². The van der Waals surface area contributed by atoms with E-state index in [2.05, 4.69) is 20.2 Å². The van der Waals surface area contributed by atoms with Gasteiger partial charge in [0.25, 0.3) is 15.9 Å². The molecule has 144 valence electrons. The lowest BCUT2D eigenvalue weighted by molar-refractivity contribution is 0.0940. The lowest BCUT2D eigenvalue weighted by atomic mass is 9.93. The normalized spacial score (nSPS) is 19.7. The Kier molecular flexibility index (Phi) is 4.11. The zero-order valence-corrected chi connectivity index (χ0v) is 16.5. The first-order valence-electron chi connectivity index (χ1n) is 8.89. The van der Waals surface area contributed by atoms with Gasteiger partial charge in [0.1, 0.15) is 0 Å².